The van der Waals surface area contributed by atoms with Gasteiger partial charge in [0.15, 0.2) is 0 Å². The van der Waals surface area contributed by atoms with Crippen LogP contribution < -0.4 is 0 Å². The normalized spacial score (nSPS) is 17.8. The topological polar surface area (TPSA) is 21.6 Å². The molecule has 2 heteroatoms. The van der Waals surface area contributed by atoms with E-state index in [0.29, 0.717) is 5.90 Å². The molecule has 3 rings (SSSR count). The van der Waals surface area contributed by atoms with Crippen molar-refractivity contribution in [1.82, 2.24) is 0 Å². The van der Waals surface area contributed by atoms with E-state index in [1.54, 1.807) is 0 Å². The van der Waals surface area contributed by atoms with Gasteiger partial charge in [-0.3, -0.25) is 4.99 Å². The van der Waals surface area contributed by atoms with Crippen molar-refractivity contribution in [3.05, 3.63) is 77.4 Å². The summed E-state index contributed by atoms with van der Waals surface area (Å²) in [6, 6.07) is 18.5. The molecule has 1 heterocycles. The molecule has 2 aromatic carbocycles. The van der Waals surface area contributed by atoms with Crippen LogP contribution in [0.3, 0.4) is 0 Å². The molecule has 0 aliphatic carbocycles. The largest absolute Gasteiger partial charge is 0.438 e. The van der Waals surface area contributed by atoms with Gasteiger partial charge >= 0.3 is 0 Å². The molecular weight excluding hydrogens is 258 g/mol. The van der Waals surface area contributed by atoms with Gasteiger partial charge in [-0.05, 0) is 38.0 Å². The average Bonchev–Trinajstić information content (AvgIpc) is 2.49. The van der Waals surface area contributed by atoms with E-state index in [1.165, 1.54) is 5.56 Å². The molecule has 0 aromatic heterocycles. The first kappa shape index (κ1) is 13.6. The molecule has 0 bridgehead atoms. The van der Waals surface area contributed by atoms with E-state index in [9.17, 15) is 0 Å². The number of benzene rings is 2. The third-order valence-electron chi connectivity index (χ3n) is 3.51. The van der Waals surface area contributed by atoms with E-state index in [2.05, 4.69) is 42.3 Å². The van der Waals surface area contributed by atoms with Gasteiger partial charge in [0.2, 0.25) is 5.90 Å². The molecule has 1 aliphatic rings. The number of nitrogens with zero attached hydrogens (tertiary/aromatic N) is 1. The van der Waals surface area contributed by atoms with Gasteiger partial charge in [0, 0.05) is 17.7 Å². The second kappa shape index (κ2) is 6.40. The smallest absolute Gasteiger partial charge is 0.221 e. The standard InChI is InChI=1S/C19H19NO/c1-15-10-12-16(13-11-15)18-9-5-6-14-20-19(21-18)17-7-3-2-4-8-17/h2-4,7-13H,5-6,14H2,1H3/b18-9+,20-19?. The lowest BCUT2D eigenvalue weighted by Crippen LogP contribution is -2.09. The molecule has 0 fully saturated rings. The Bertz CT molecular complexity index is 654. The minimum absolute atomic E-state index is 0.710. The van der Waals surface area contributed by atoms with E-state index in [1.807, 2.05) is 30.3 Å². The molecular formula is C19H19NO. The lowest BCUT2D eigenvalue weighted by Gasteiger charge is -2.15. The number of hydrogen-bond acceptors (Lipinski definition) is 2. The predicted octanol–water partition coefficient (Wildman–Crippen LogP) is 4.59. The zero-order chi connectivity index (χ0) is 14.5. The van der Waals surface area contributed by atoms with Crippen LogP contribution in [0.1, 0.15) is 29.5 Å². The summed E-state index contributed by atoms with van der Waals surface area (Å²) < 4.78 is 6.11. The van der Waals surface area contributed by atoms with Gasteiger partial charge in [0.25, 0.3) is 0 Å². The van der Waals surface area contributed by atoms with Crippen LogP contribution in [0.25, 0.3) is 5.76 Å². The summed E-state index contributed by atoms with van der Waals surface area (Å²) in [4.78, 5) is 4.60. The maximum Gasteiger partial charge on any atom is 0.221 e. The highest BCUT2D eigenvalue weighted by atomic mass is 16.5. The minimum atomic E-state index is 0.710. The molecule has 106 valence electrons. The highest BCUT2D eigenvalue weighted by molar-refractivity contribution is 5.97. The Morgan fingerprint density at radius 2 is 1.67 bits per heavy atom. The predicted molar refractivity (Wildman–Crippen MR) is 87.3 cm³/mol. The molecule has 0 radical (unpaired) electrons. The molecule has 0 unspecified atom stereocenters. The van der Waals surface area contributed by atoms with Crippen LogP contribution in [0.2, 0.25) is 0 Å². The number of hydrogen-bond donors (Lipinski definition) is 0. The first-order chi connectivity index (χ1) is 10.3. The number of rotatable bonds is 2. The van der Waals surface area contributed by atoms with E-state index in [-0.39, 0.29) is 0 Å². The Labute approximate surface area is 125 Å². The summed E-state index contributed by atoms with van der Waals surface area (Å²) in [5.41, 5.74) is 3.38. The van der Waals surface area contributed by atoms with Crippen LogP contribution >= 0.6 is 0 Å². The summed E-state index contributed by atoms with van der Waals surface area (Å²) in [6.45, 7) is 2.90. The van der Waals surface area contributed by atoms with Crippen molar-refractivity contribution < 1.29 is 4.74 Å². The average molecular weight is 277 g/mol. The van der Waals surface area contributed by atoms with Crippen molar-refractivity contribution in [2.24, 2.45) is 4.99 Å². The molecule has 0 spiro atoms. The van der Waals surface area contributed by atoms with E-state index in [0.717, 1.165) is 36.3 Å². The fourth-order valence-corrected chi connectivity index (χ4v) is 2.31. The summed E-state index contributed by atoms with van der Waals surface area (Å²) in [5, 5.41) is 0. The number of ether oxygens (including phenoxy) is 1. The van der Waals surface area contributed by atoms with E-state index >= 15 is 0 Å². The van der Waals surface area contributed by atoms with Crippen molar-refractivity contribution >= 4 is 11.7 Å². The molecule has 0 N–H and O–H groups in total. The molecule has 0 amide bonds. The highest BCUT2D eigenvalue weighted by Gasteiger charge is 2.12. The van der Waals surface area contributed by atoms with Gasteiger partial charge in [-0.15, -0.1) is 0 Å². The number of allylic oxidation sites excluding steroid dienone is 1. The molecule has 2 aromatic rings. The third kappa shape index (κ3) is 3.40. The SMILES string of the molecule is Cc1ccc(/C2=C\CCCN=C(c3ccccc3)O2)cc1. The fourth-order valence-electron chi connectivity index (χ4n) is 2.31. The van der Waals surface area contributed by atoms with Crippen molar-refractivity contribution in [3.63, 3.8) is 0 Å². The molecule has 21 heavy (non-hydrogen) atoms. The first-order valence-electron chi connectivity index (χ1n) is 7.38. The van der Waals surface area contributed by atoms with Crippen LogP contribution in [-0.4, -0.2) is 12.4 Å². The van der Waals surface area contributed by atoms with Crippen LogP contribution in [0.5, 0.6) is 0 Å². The fraction of sp³-hybridized carbons (Fsp3) is 0.211. The van der Waals surface area contributed by atoms with Crippen molar-refractivity contribution in [3.8, 4) is 0 Å². The first-order valence-corrected chi connectivity index (χ1v) is 7.38. The zero-order valence-electron chi connectivity index (χ0n) is 12.3. The number of aryl methyl sites for hydroxylation is 1. The lowest BCUT2D eigenvalue weighted by molar-refractivity contribution is 0.497. The van der Waals surface area contributed by atoms with E-state index in [4.69, 9.17) is 4.74 Å². The monoisotopic (exact) mass is 277 g/mol. The van der Waals surface area contributed by atoms with Crippen molar-refractivity contribution in [1.29, 1.82) is 0 Å². The summed E-state index contributed by atoms with van der Waals surface area (Å²) in [5.74, 6) is 1.61. The zero-order valence-corrected chi connectivity index (χ0v) is 12.3. The van der Waals surface area contributed by atoms with Gasteiger partial charge in [0.05, 0.1) is 0 Å². The van der Waals surface area contributed by atoms with Gasteiger partial charge in [-0.2, -0.15) is 0 Å². The molecule has 0 atom stereocenters. The lowest BCUT2D eigenvalue weighted by atomic mass is 10.1. The third-order valence-corrected chi connectivity index (χ3v) is 3.51. The quantitative estimate of drug-likeness (QED) is 0.786. The molecule has 2 nitrogen and oxygen atoms in total. The van der Waals surface area contributed by atoms with Crippen LogP contribution in [0, 0.1) is 6.92 Å². The van der Waals surface area contributed by atoms with Crippen molar-refractivity contribution in [2.45, 2.75) is 19.8 Å². The Kier molecular flexibility index (Phi) is 4.15. The highest BCUT2D eigenvalue weighted by Crippen LogP contribution is 2.22. The summed E-state index contributed by atoms with van der Waals surface area (Å²) in [7, 11) is 0. The molecule has 1 aliphatic heterocycles. The molecule has 0 saturated heterocycles. The van der Waals surface area contributed by atoms with Crippen LogP contribution in [0.4, 0.5) is 0 Å². The summed E-state index contributed by atoms with van der Waals surface area (Å²) in [6.07, 6.45) is 4.21. The Hall–Kier alpha value is -2.35. The van der Waals surface area contributed by atoms with Gasteiger partial charge in [-0.1, -0.05) is 48.0 Å². The second-order valence-corrected chi connectivity index (χ2v) is 5.23. The van der Waals surface area contributed by atoms with Gasteiger partial charge in [0.1, 0.15) is 5.76 Å². The van der Waals surface area contributed by atoms with Crippen LogP contribution in [0.15, 0.2) is 65.7 Å². The van der Waals surface area contributed by atoms with E-state index < -0.39 is 0 Å². The van der Waals surface area contributed by atoms with Gasteiger partial charge < -0.3 is 4.74 Å². The summed E-state index contributed by atoms with van der Waals surface area (Å²) >= 11 is 0. The molecule has 0 saturated carbocycles. The maximum atomic E-state index is 6.11. The minimum Gasteiger partial charge on any atom is -0.438 e. The Balaban J connectivity index is 1.91. The maximum absolute atomic E-state index is 6.11. The second-order valence-electron chi connectivity index (χ2n) is 5.23. The van der Waals surface area contributed by atoms with Crippen molar-refractivity contribution in [2.75, 3.05) is 6.54 Å². The number of aliphatic imine (C=N–C) groups is 1. The Morgan fingerprint density at radius 3 is 2.43 bits per heavy atom. The van der Waals surface area contributed by atoms with Crippen LogP contribution in [-0.2, 0) is 4.74 Å². The Morgan fingerprint density at radius 1 is 0.905 bits per heavy atom. The van der Waals surface area contributed by atoms with Gasteiger partial charge in [-0.25, -0.2) is 0 Å².